The third-order valence-corrected chi connectivity index (χ3v) is 6.35. The molecule has 190 valence electrons. The Morgan fingerprint density at radius 3 is 2.25 bits per heavy atom. The largest absolute Gasteiger partial charge is 0.497 e. The molecule has 0 aromatic heterocycles. The third-order valence-electron chi connectivity index (χ3n) is 6.35. The average Bonchev–Trinajstić information content (AvgIpc) is 2.85. The van der Waals surface area contributed by atoms with Gasteiger partial charge in [-0.1, -0.05) is 64.1 Å². The van der Waals surface area contributed by atoms with Crippen LogP contribution >= 0.6 is 0 Å². The number of carbonyl (C=O) groups is 1. The molecule has 0 aliphatic rings. The lowest BCUT2D eigenvalue weighted by molar-refractivity contribution is -0.141. The Hall–Kier alpha value is -3.60. The van der Waals surface area contributed by atoms with E-state index in [-0.39, 0.29) is 17.2 Å². The van der Waals surface area contributed by atoms with Gasteiger partial charge in [0.05, 0.1) is 13.0 Å². The Bertz CT molecular complexity index is 1220. The van der Waals surface area contributed by atoms with Gasteiger partial charge >= 0.3 is 5.97 Å². The lowest BCUT2D eigenvalue weighted by Crippen LogP contribution is -2.17. The second-order valence-corrected chi connectivity index (χ2v) is 10.0. The predicted molar refractivity (Wildman–Crippen MR) is 142 cm³/mol. The summed E-state index contributed by atoms with van der Waals surface area (Å²) in [6.07, 6.45) is 3.78. The van der Waals surface area contributed by atoms with Gasteiger partial charge in [-0.2, -0.15) is 0 Å². The van der Waals surface area contributed by atoms with Crippen LogP contribution in [0.3, 0.4) is 0 Å². The summed E-state index contributed by atoms with van der Waals surface area (Å²) in [4.78, 5) is 11.5. The number of carboxylic acids is 1. The first-order valence-corrected chi connectivity index (χ1v) is 12.1. The monoisotopic (exact) mass is 490 g/mol. The van der Waals surface area contributed by atoms with Gasteiger partial charge in [0.15, 0.2) is 0 Å². The predicted octanol–water partition coefficient (Wildman–Crippen LogP) is 7.76. The van der Waals surface area contributed by atoms with Crippen molar-refractivity contribution >= 4 is 5.97 Å². The van der Waals surface area contributed by atoms with E-state index < -0.39 is 11.9 Å². The maximum Gasteiger partial charge on any atom is 0.307 e. The first-order chi connectivity index (χ1) is 17.0. The molecule has 3 aromatic rings. The second-order valence-electron chi connectivity index (χ2n) is 10.0. The Balaban J connectivity index is 1.86. The molecule has 0 aliphatic carbocycles. The van der Waals surface area contributed by atoms with Crippen LogP contribution in [0.15, 0.2) is 72.8 Å². The van der Waals surface area contributed by atoms with E-state index in [4.69, 9.17) is 9.47 Å². The van der Waals surface area contributed by atoms with Crippen molar-refractivity contribution < 1.29 is 23.8 Å². The van der Waals surface area contributed by atoms with Gasteiger partial charge in [0.1, 0.15) is 23.9 Å². The van der Waals surface area contributed by atoms with Crippen molar-refractivity contribution in [2.45, 2.75) is 52.6 Å². The normalized spacial score (nSPS) is 13.4. The number of aliphatic carboxylic acids is 1. The quantitative estimate of drug-likeness (QED) is 0.312. The van der Waals surface area contributed by atoms with Gasteiger partial charge in [-0.25, -0.2) is 4.39 Å². The average molecular weight is 491 g/mol. The van der Waals surface area contributed by atoms with Crippen LogP contribution in [0.2, 0.25) is 0 Å². The van der Waals surface area contributed by atoms with Crippen molar-refractivity contribution in [3.8, 4) is 22.6 Å². The molecule has 1 N–H and O–H groups in total. The smallest absolute Gasteiger partial charge is 0.307 e. The number of ether oxygens (including phenoxy) is 2. The molecule has 5 heteroatoms. The van der Waals surface area contributed by atoms with Crippen LogP contribution < -0.4 is 9.47 Å². The molecule has 0 bridgehead atoms. The standard InChI is InChI=1S/C31H35FO4/c1-7-8-25(20(2)30(33)34)22-10-12-23(13-11-22)36-19-21-9-15-28(31(3,4)5)26(17-21)27-18-24(35-6)14-16-29(27)32/h7-18,20,25H,19H2,1-6H3,(H,33,34)/b8-7-/t20-,25-/m1/s1. The Kier molecular flexibility index (Phi) is 8.57. The molecule has 0 saturated carbocycles. The number of hydrogen-bond acceptors (Lipinski definition) is 3. The van der Waals surface area contributed by atoms with Crippen LogP contribution in [0.4, 0.5) is 4.39 Å². The maximum atomic E-state index is 14.9. The molecule has 2 atom stereocenters. The molecule has 0 saturated heterocycles. The van der Waals surface area contributed by atoms with E-state index in [0.717, 1.165) is 22.3 Å². The molecule has 4 nitrogen and oxygen atoms in total. The highest BCUT2D eigenvalue weighted by atomic mass is 19.1. The van der Waals surface area contributed by atoms with Crippen molar-refractivity contribution in [3.63, 3.8) is 0 Å². The van der Waals surface area contributed by atoms with Crippen LogP contribution in [-0.4, -0.2) is 18.2 Å². The number of methoxy groups -OCH3 is 1. The SMILES string of the molecule is C/C=C\[C@@H](c1ccc(OCc2ccc(C(C)(C)C)c(-c3cc(OC)ccc3F)c2)cc1)[C@@H](C)C(=O)O. The molecular formula is C31H35FO4. The summed E-state index contributed by atoms with van der Waals surface area (Å²) in [7, 11) is 1.57. The van der Waals surface area contributed by atoms with Gasteiger partial charge in [-0.05, 0) is 71.0 Å². The zero-order valence-electron chi connectivity index (χ0n) is 21.8. The second kappa shape index (κ2) is 11.4. The molecule has 0 aliphatic heterocycles. The van der Waals surface area contributed by atoms with E-state index in [2.05, 4.69) is 20.8 Å². The minimum Gasteiger partial charge on any atom is -0.497 e. The number of allylic oxidation sites excluding steroid dienone is 2. The topological polar surface area (TPSA) is 55.8 Å². The summed E-state index contributed by atoms with van der Waals surface area (Å²) in [6, 6.07) is 18.3. The number of hydrogen-bond donors (Lipinski definition) is 1. The summed E-state index contributed by atoms with van der Waals surface area (Å²) in [5, 5.41) is 9.44. The van der Waals surface area contributed by atoms with Crippen LogP contribution in [0.25, 0.3) is 11.1 Å². The molecule has 0 radical (unpaired) electrons. The van der Waals surface area contributed by atoms with E-state index in [1.54, 1.807) is 26.2 Å². The molecule has 36 heavy (non-hydrogen) atoms. The first kappa shape index (κ1) is 27.0. The molecule has 0 heterocycles. The van der Waals surface area contributed by atoms with Crippen molar-refractivity contribution in [2.24, 2.45) is 5.92 Å². The highest BCUT2D eigenvalue weighted by Crippen LogP contribution is 2.37. The van der Waals surface area contributed by atoms with Gasteiger partial charge in [0.25, 0.3) is 0 Å². The van der Waals surface area contributed by atoms with Crippen LogP contribution in [0.1, 0.15) is 57.2 Å². The van der Waals surface area contributed by atoms with Gasteiger partial charge in [-0.3, -0.25) is 4.79 Å². The van der Waals surface area contributed by atoms with Gasteiger partial charge < -0.3 is 14.6 Å². The third kappa shape index (κ3) is 6.34. The number of rotatable bonds is 9. The number of halogens is 1. The molecule has 3 rings (SSSR count). The van der Waals surface area contributed by atoms with E-state index >= 15 is 0 Å². The van der Waals surface area contributed by atoms with Crippen molar-refractivity contribution in [3.05, 3.63) is 95.3 Å². The van der Waals surface area contributed by atoms with Crippen molar-refractivity contribution in [2.75, 3.05) is 7.11 Å². The van der Waals surface area contributed by atoms with Gasteiger partial charge in [-0.15, -0.1) is 0 Å². The summed E-state index contributed by atoms with van der Waals surface area (Å²) < 4.78 is 26.2. The zero-order chi connectivity index (χ0) is 26.5. The lowest BCUT2D eigenvalue weighted by Gasteiger charge is -2.24. The fourth-order valence-corrected chi connectivity index (χ4v) is 4.28. The molecule has 3 aromatic carbocycles. The number of carboxylic acid groups (broad SMARTS) is 1. The van der Waals surface area contributed by atoms with E-state index in [9.17, 15) is 14.3 Å². The summed E-state index contributed by atoms with van der Waals surface area (Å²) in [5.41, 5.74) is 3.98. The molecule has 0 unspecified atom stereocenters. The fourth-order valence-electron chi connectivity index (χ4n) is 4.28. The highest BCUT2D eigenvalue weighted by Gasteiger charge is 2.23. The minimum absolute atomic E-state index is 0.184. The van der Waals surface area contributed by atoms with Crippen molar-refractivity contribution in [1.82, 2.24) is 0 Å². The zero-order valence-corrected chi connectivity index (χ0v) is 21.8. The Morgan fingerprint density at radius 2 is 1.67 bits per heavy atom. The summed E-state index contributed by atoms with van der Waals surface area (Å²) in [6.45, 7) is 10.2. The Morgan fingerprint density at radius 1 is 1.00 bits per heavy atom. The molecule has 0 fully saturated rings. The molecule has 0 spiro atoms. The molecule has 0 amide bonds. The summed E-state index contributed by atoms with van der Waals surface area (Å²) in [5.74, 6) is -0.616. The van der Waals surface area contributed by atoms with Crippen LogP contribution in [0.5, 0.6) is 11.5 Å². The molecular weight excluding hydrogens is 455 g/mol. The fraction of sp³-hybridized carbons (Fsp3) is 0.323. The number of benzene rings is 3. The van der Waals surface area contributed by atoms with E-state index in [1.165, 1.54) is 6.07 Å². The van der Waals surface area contributed by atoms with Crippen molar-refractivity contribution in [1.29, 1.82) is 0 Å². The lowest BCUT2D eigenvalue weighted by atomic mass is 9.81. The van der Waals surface area contributed by atoms with E-state index in [0.29, 0.717) is 23.7 Å². The van der Waals surface area contributed by atoms with Crippen LogP contribution in [0, 0.1) is 11.7 Å². The highest BCUT2D eigenvalue weighted by molar-refractivity contribution is 5.72. The van der Waals surface area contributed by atoms with Crippen LogP contribution in [-0.2, 0) is 16.8 Å². The van der Waals surface area contributed by atoms with Gasteiger partial charge in [0.2, 0.25) is 0 Å². The Labute approximate surface area is 213 Å². The summed E-state index contributed by atoms with van der Waals surface area (Å²) >= 11 is 0. The van der Waals surface area contributed by atoms with Gasteiger partial charge in [0, 0.05) is 11.5 Å². The first-order valence-electron chi connectivity index (χ1n) is 12.1. The maximum absolute atomic E-state index is 14.9. The minimum atomic E-state index is -0.833. The van der Waals surface area contributed by atoms with E-state index in [1.807, 2.05) is 61.5 Å².